The Balaban J connectivity index is 1.54. The van der Waals surface area contributed by atoms with Crippen molar-refractivity contribution in [1.29, 1.82) is 0 Å². The highest BCUT2D eigenvalue weighted by Gasteiger charge is 2.23. The molecule has 0 aliphatic carbocycles. The molecule has 11 heteroatoms. The van der Waals surface area contributed by atoms with Gasteiger partial charge in [-0.05, 0) is 54.2 Å². The third kappa shape index (κ3) is 7.53. The van der Waals surface area contributed by atoms with Crippen molar-refractivity contribution in [3.05, 3.63) is 95.8 Å². The molecule has 0 unspecified atom stereocenters. The van der Waals surface area contributed by atoms with Crippen LogP contribution in [0.25, 0.3) is 11.1 Å². The fraction of sp³-hybridized carbons (Fsp3) is 0.290. The molecule has 0 aliphatic rings. The van der Waals surface area contributed by atoms with Gasteiger partial charge in [-0.1, -0.05) is 80.9 Å². The normalized spacial score (nSPS) is 12.2. The van der Waals surface area contributed by atoms with Crippen LogP contribution in [-0.4, -0.2) is 45.8 Å². The molecule has 4 rings (SSSR count). The second-order valence-corrected chi connectivity index (χ2v) is 14.7. The number of ether oxygens (including phenoxy) is 1. The predicted molar refractivity (Wildman–Crippen MR) is 165 cm³/mol. The number of sulfonamides is 1. The maximum atomic E-state index is 13.4. The van der Waals surface area contributed by atoms with Crippen molar-refractivity contribution >= 4 is 25.7 Å². The zero-order chi connectivity index (χ0) is 30.5. The van der Waals surface area contributed by atoms with Gasteiger partial charge in [-0.25, -0.2) is 26.8 Å². The van der Waals surface area contributed by atoms with E-state index in [4.69, 9.17) is 4.74 Å². The van der Waals surface area contributed by atoms with Crippen LogP contribution in [0.15, 0.2) is 88.9 Å². The quantitative estimate of drug-likeness (QED) is 0.221. The predicted octanol–water partition coefficient (Wildman–Crippen LogP) is 5.26. The van der Waals surface area contributed by atoms with Crippen LogP contribution in [0.1, 0.15) is 37.5 Å². The van der Waals surface area contributed by atoms with Gasteiger partial charge >= 0.3 is 0 Å². The summed E-state index contributed by atoms with van der Waals surface area (Å²) < 4.78 is 60.7. The van der Waals surface area contributed by atoms with E-state index in [0.29, 0.717) is 16.7 Å². The fourth-order valence-corrected chi connectivity index (χ4v) is 6.70. The van der Waals surface area contributed by atoms with Crippen molar-refractivity contribution in [3.63, 3.8) is 0 Å². The molecule has 0 bridgehead atoms. The second-order valence-electron chi connectivity index (χ2n) is 11.0. The first-order chi connectivity index (χ1) is 19.8. The topological polar surface area (TPSA) is 127 Å². The van der Waals surface area contributed by atoms with Gasteiger partial charge in [0.15, 0.2) is 15.7 Å². The summed E-state index contributed by atoms with van der Waals surface area (Å²) in [4.78, 5) is 8.90. The molecule has 0 aliphatic heterocycles. The summed E-state index contributed by atoms with van der Waals surface area (Å²) in [5.74, 6) is -0.0217. The Labute approximate surface area is 248 Å². The standard InChI is InChI=1S/C31H36N4O5S2/c1-22-10-12-24(13-11-22)28-29(35-42(38,39)26-16-14-25(15-17-26)31(3,4)5)33-20-34-30(28)40-19-18-32-21-41(36,37)27-9-7-6-8-23(27)2/h6-17,20,32H,18-19,21H2,1-5H3,(H,33,34,35). The molecule has 42 heavy (non-hydrogen) atoms. The Hall–Kier alpha value is -3.80. The van der Waals surface area contributed by atoms with Crippen molar-refractivity contribution in [2.45, 2.75) is 49.8 Å². The van der Waals surface area contributed by atoms with Gasteiger partial charge in [-0.3, -0.25) is 10.0 Å². The van der Waals surface area contributed by atoms with Crippen LogP contribution < -0.4 is 14.8 Å². The largest absolute Gasteiger partial charge is 0.476 e. The van der Waals surface area contributed by atoms with Gasteiger partial charge in [-0.2, -0.15) is 0 Å². The molecule has 0 atom stereocenters. The average Bonchev–Trinajstić information content (AvgIpc) is 2.93. The number of nitrogens with zero attached hydrogens (tertiary/aromatic N) is 2. The number of rotatable bonds is 11. The number of hydrogen-bond acceptors (Lipinski definition) is 8. The van der Waals surface area contributed by atoms with Crippen molar-refractivity contribution in [1.82, 2.24) is 15.3 Å². The smallest absolute Gasteiger partial charge is 0.263 e. The summed E-state index contributed by atoms with van der Waals surface area (Å²) >= 11 is 0. The van der Waals surface area contributed by atoms with E-state index in [1.807, 2.05) is 31.2 Å². The van der Waals surface area contributed by atoms with Gasteiger partial charge < -0.3 is 4.74 Å². The second kappa shape index (κ2) is 12.6. The highest BCUT2D eigenvalue weighted by Crippen LogP contribution is 2.35. The minimum atomic E-state index is -3.98. The molecule has 0 amide bonds. The van der Waals surface area contributed by atoms with Gasteiger partial charge in [0.25, 0.3) is 10.0 Å². The molecule has 0 saturated carbocycles. The van der Waals surface area contributed by atoms with Crippen molar-refractivity contribution < 1.29 is 21.6 Å². The molecule has 1 aromatic heterocycles. The summed E-state index contributed by atoms with van der Waals surface area (Å²) in [6.07, 6.45) is 1.23. The first-order valence-electron chi connectivity index (χ1n) is 13.5. The number of hydrogen-bond donors (Lipinski definition) is 2. The minimum absolute atomic E-state index is 0.0684. The van der Waals surface area contributed by atoms with E-state index >= 15 is 0 Å². The van der Waals surface area contributed by atoms with Gasteiger partial charge in [0, 0.05) is 6.54 Å². The summed E-state index contributed by atoms with van der Waals surface area (Å²) in [6, 6.07) is 21.0. The Kier molecular flexibility index (Phi) is 9.34. The molecule has 3 aromatic carbocycles. The molecule has 1 heterocycles. The highest BCUT2D eigenvalue weighted by atomic mass is 32.2. The number of aryl methyl sites for hydroxylation is 2. The Morgan fingerprint density at radius 1 is 0.833 bits per heavy atom. The molecular formula is C31H36N4O5S2. The third-order valence-electron chi connectivity index (χ3n) is 6.65. The summed E-state index contributed by atoms with van der Waals surface area (Å²) in [6.45, 7) is 10.2. The van der Waals surface area contributed by atoms with E-state index < -0.39 is 19.9 Å². The molecule has 2 N–H and O–H groups in total. The van der Waals surface area contributed by atoms with Crippen LogP contribution >= 0.6 is 0 Å². The molecule has 222 valence electrons. The fourth-order valence-electron chi connectivity index (χ4n) is 4.27. The molecule has 0 spiro atoms. The van der Waals surface area contributed by atoms with Crippen LogP contribution in [0.3, 0.4) is 0 Å². The number of benzene rings is 3. The number of anilines is 1. The number of aromatic nitrogens is 2. The van der Waals surface area contributed by atoms with Crippen molar-refractivity contribution in [3.8, 4) is 17.0 Å². The maximum absolute atomic E-state index is 13.4. The van der Waals surface area contributed by atoms with Gasteiger partial charge in [0.1, 0.15) is 18.8 Å². The molecule has 4 aromatic rings. The highest BCUT2D eigenvalue weighted by molar-refractivity contribution is 7.92. The van der Waals surface area contributed by atoms with E-state index in [1.165, 1.54) is 6.33 Å². The first-order valence-corrected chi connectivity index (χ1v) is 16.6. The summed E-state index contributed by atoms with van der Waals surface area (Å²) in [5.41, 5.74) is 3.64. The number of nitrogens with one attached hydrogen (secondary N) is 2. The number of sulfone groups is 1. The van der Waals surface area contributed by atoms with Gasteiger partial charge in [0.2, 0.25) is 5.88 Å². The maximum Gasteiger partial charge on any atom is 0.263 e. The minimum Gasteiger partial charge on any atom is -0.476 e. The SMILES string of the molecule is Cc1ccc(-c2c(NS(=O)(=O)c3ccc(C(C)(C)C)cc3)ncnc2OCCNCS(=O)(=O)c2ccccc2C)cc1. The Morgan fingerprint density at radius 3 is 2.14 bits per heavy atom. The van der Waals surface area contributed by atoms with Crippen molar-refractivity contribution in [2.24, 2.45) is 0 Å². The van der Waals surface area contributed by atoms with E-state index in [1.54, 1.807) is 55.5 Å². The molecule has 0 saturated heterocycles. The van der Waals surface area contributed by atoms with Crippen LogP contribution in [0.4, 0.5) is 5.82 Å². The molecule has 9 nitrogen and oxygen atoms in total. The Morgan fingerprint density at radius 2 is 1.50 bits per heavy atom. The van der Waals surface area contributed by atoms with E-state index in [9.17, 15) is 16.8 Å². The summed E-state index contributed by atoms with van der Waals surface area (Å²) in [7, 11) is -7.51. The van der Waals surface area contributed by atoms with Crippen LogP contribution in [0.5, 0.6) is 5.88 Å². The van der Waals surface area contributed by atoms with Crippen LogP contribution in [-0.2, 0) is 25.3 Å². The van der Waals surface area contributed by atoms with Gasteiger partial charge in [-0.15, -0.1) is 0 Å². The average molecular weight is 609 g/mol. The van der Waals surface area contributed by atoms with E-state index in [2.05, 4.69) is 40.8 Å². The lowest BCUT2D eigenvalue weighted by Crippen LogP contribution is -2.28. The zero-order valence-corrected chi connectivity index (χ0v) is 26.0. The van der Waals surface area contributed by atoms with Crippen LogP contribution in [0.2, 0.25) is 0 Å². The first kappa shape index (κ1) is 31.1. The van der Waals surface area contributed by atoms with Crippen molar-refractivity contribution in [2.75, 3.05) is 23.8 Å². The molecule has 0 radical (unpaired) electrons. The molecule has 0 fully saturated rings. The third-order valence-corrected chi connectivity index (χ3v) is 9.72. The van der Waals surface area contributed by atoms with Crippen LogP contribution in [0, 0.1) is 13.8 Å². The van der Waals surface area contributed by atoms with E-state index in [0.717, 1.165) is 11.1 Å². The zero-order valence-electron chi connectivity index (χ0n) is 24.4. The van der Waals surface area contributed by atoms with E-state index in [-0.39, 0.29) is 45.9 Å². The monoisotopic (exact) mass is 608 g/mol. The lowest BCUT2D eigenvalue weighted by Gasteiger charge is -2.19. The lowest BCUT2D eigenvalue weighted by atomic mass is 9.87. The van der Waals surface area contributed by atoms with Gasteiger partial charge in [0.05, 0.1) is 15.4 Å². The Bertz CT molecular complexity index is 1750. The lowest BCUT2D eigenvalue weighted by molar-refractivity contribution is 0.306. The summed E-state index contributed by atoms with van der Waals surface area (Å²) in [5, 5.41) is 2.91. The molecular weight excluding hydrogens is 572 g/mol.